The minimum absolute atomic E-state index is 0.275. The van der Waals surface area contributed by atoms with Crippen LogP contribution in [0.3, 0.4) is 0 Å². The number of rotatable bonds is 7. The van der Waals surface area contributed by atoms with Crippen LogP contribution in [0.25, 0.3) is 44.2 Å². The molecule has 2 aromatic heterocycles. The second kappa shape index (κ2) is 11.7. The van der Waals surface area contributed by atoms with Gasteiger partial charge in [-0.25, -0.2) is 4.98 Å². The summed E-state index contributed by atoms with van der Waals surface area (Å²) in [6.07, 6.45) is 1.58. The zero-order chi connectivity index (χ0) is 30.2. The standard InChI is InChI=1S/C35H23Br2N3O4/c1-42-31-18-26(37)16-24(33(31)43-20-22-9-6-8-21-7-2-3-10-27(21)22)19-38-40-34(39-29-12-5-4-11-28(29)35(40)41)32-17-23-15-25(36)13-14-30(23)44-32/h2-19H,20H2,1H3. The topological polar surface area (TPSA) is 78.9 Å². The van der Waals surface area contributed by atoms with Crippen molar-refractivity contribution in [2.75, 3.05) is 7.11 Å². The van der Waals surface area contributed by atoms with Crippen molar-refractivity contribution in [2.24, 2.45) is 5.10 Å². The van der Waals surface area contributed by atoms with Crippen LogP contribution in [0, 0.1) is 0 Å². The third kappa shape index (κ3) is 5.29. The van der Waals surface area contributed by atoms with Crippen molar-refractivity contribution in [3.8, 4) is 23.1 Å². The number of fused-ring (bicyclic) bond motifs is 3. The van der Waals surface area contributed by atoms with Crippen molar-refractivity contribution in [3.63, 3.8) is 0 Å². The van der Waals surface area contributed by atoms with E-state index in [0.717, 1.165) is 30.7 Å². The van der Waals surface area contributed by atoms with Gasteiger partial charge in [0, 0.05) is 19.9 Å². The normalized spacial score (nSPS) is 11.6. The monoisotopic (exact) mass is 707 g/mol. The van der Waals surface area contributed by atoms with Crippen LogP contribution in [-0.2, 0) is 6.61 Å². The van der Waals surface area contributed by atoms with Gasteiger partial charge in [-0.05, 0) is 64.9 Å². The average molecular weight is 709 g/mol. The van der Waals surface area contributed by atoms with Gasteiger partial charge in [-0.15, -0.1) is 0 Å². The number of halogens is 2. The van der Waals surface area contributed by atoms with E-state index in [4.69, 9.17) is 18.9 Å². The minimum atomic E-state index is -0.330. The summed E-state index contributed by atoms with van der Waals surface area (Å²) in [5.41, 5.74) is 2.52. The summed E-state index contributed by atoms with van der Waals surface area (Å²) >= 11 is 7.08. The zero-order valence-electron chi connectivity index (χ0n) is 23.3. The average Bonchev–Trinajstić information content (AvgIpc) is 3.46. The van der Waals surface area contributed by atoms with Crippen molar-refractivity contribution in [3.05, 3.63) is 134 Å². The molecule has 0 unspecified atom stereocenters. The molecule has 0 fully saturated rings. The molecule has 0 N–H and O–H groups in total. The number of hydrogen-bond acceptors (Lipinski definition) is 6. The summed E-state index contributed by atoms with van der Waals surface area (Å²) in [5, 5.41) is 8.21. The lowest BCUT2D eigenvalue weighted by Crippen LogP contribution is -2.20. The number of benzene rings is 5. The van der Waals surface area contributed by atoms with Gasteiger partial charge in [-0.3, -0.25) is 4.79 Å². The number of methoxy groups -OCH3 is 1. The van der Waals surface area contributed by atoms with Crippen LogP contribution in [0.2, 0.25) is 0 Å². The predicted molar refractivity (Wildman–Crippen MR) is 181 cm³/mol. The van der Waals surface area contributed by atoms with Crippen LogP contribution < -0.4 is 15.0 Å². The van der Waals surface area contributed by atoms with E-state index >= 15 is 0 Å². The minimum Gasteiger partial charge on any atom is -0.493 e. The Bertz CT molecular complexity index is 2290. The van der Waals surface area contributed by atoms with E-state index in [1.165, 1.54) is 4.68 Å². The molecule has 0 saturated heterocycles. The van der Waals surface area contributed by atoms with Gasteiger partial charge in [0.1, 0.15) is 12.2 Å². The summed E-state index contributed by atoms with van der Waals surface area (Å²) in [5.74, 6) is 1.70. The molecule has 0 aliphatic carbocycles. The molecule has 9 heteroatoms. The van der Waals surface area contributed by atoms with E-state index in [0.29, 0.717) is 45.9 Å². The molecular formula is C35H23Br2N3O4. The van der Waals surface area contributed by atoms with Crippen LogP contribution in [0.4, 0.5) is 0 Å². The molecule has 7 aromatic rings. The molecule has 0 saturated carbocycles. The first kappa shape index (κ1) is 28.1. The molecule has 0 bridgehead atoms. The smallest absolute Gasteiger partial charge is 0.282 e. The number of ether oxygens (including phenoxy) is 2. The lowest BCUT2D eigenvalue weighted by Gasteiger charge is -2.15. The number of nitrogens with zero attached hydrogens (tertiary/aromatic N) is 3. The summed E-state index contributed by atoms with van der Waals surface area (Å²) < 4.78 is 21.2. The predicted octanol–water partition coefficient (Wildman–Crippen LogP) is 8.96. The molecule has 0 aliphatic rings. The van der Waals surface area contributed by atoms with Gasteiger partial charge < -0.3 is 13.9 Å². The van der Waals surface area contributed by atoms with E-state index in [2.05, 4.69) is 55.2 Å². The van der Waals surface area contributed by atoms with Gasteiger partial charge in [0.2, 0.25) is 5.82 Å². The quantitative estimate of drug-likeness (QED) is 0.155. The van der Waals surface area contributed by atoms with Gasteiger partial charge in [-0.1, -0.05) is 86.5 Å². The Balaban J connectivity index is 1.34. The summed E-state index contributed by atoms with van der Waals surface area (Å²) in [6, 6.07) is 32.7. The fourth-order valence-electron chi connectivity index (χ4n) is 5.19. The van der Waals surface area contributed by atoms with E-state index in [9.17, 15) is 4.79 Å². The first-order valence-electron chi connectivity index (χ1n) is 13.7. The van der Waals surface area contributed by atoms with Crippen molar-refractivity contribution in [1.82, 2.24) is 9.66 Å². The molecule has 5 aromatic carbocycles. The number of para-hydroxylation sites is 1. The maximum Gasteiger partial charge on any atom is 0.282 e. The Labute approximate surface area is 268 Å². The highest BCUT2D eigenvalue weighted by molar-refractivity contribution is 9.10. The maximum atomic E-state index is 13.8. The van der Waals surface area contributed by atoms with E-state index in [1.54, 1.807) is 31.5 Å². The highest BCUT2D eigenvalue weighted by Crippen LogP contribution is 2.35. The van der Waals surface area contributed by atoms with Gasteiger partial charge in [0.15, 0.2) is 17.3 Å². The van der Waals surface area contributed by atoms with Crippen LogP contribution in [0.15, 0.2) is 126 Å². The Morgan fingerprint density at radius 1 is 0.864 bits per heavy atom. The molecule has 0 aliphatic heterocycles. The fraction of sp³-hybridized carbons (Fsp3) is 0.0571. The summed E-state index contributed by atoms with van der Waals surface area (Å²) in [4.78, 5) is 18.6. The molecule has 216 valence electrons. The SMILES string of the molecule is COc1cc(Br)cc(C=Nn2c(-c3cc4cc(Br)ccc4o3)nc3ccccc3c2=O)c1OCc1cccc2ccccc12. The highest BCUT2D eigenvalue weighted by atomic mass is 79.9. The number of hydrogen-bond donors (Lipinski definition) is 0. The summed E-state index contributed by atoms with van der Waals surface area (Å²) in [7, 11) is 1.59. The number of aromatic nitrogens is 2. The Hall–Kier alpha value is -4.73. The van der Waals surface area contributed by atoms with Gasteiger partial charge in [-0.2, -0.15) is 9.78 Å². The van der Waals surface area contributed by atoms with Gasteiger partial charge in [0.05, 0.1) is 24.2 Å². The zero-order valence-corrected chi connectivity index (χ0v) is 26.5. The highest BCUT2D eigenvalue weighted by Gasteiger charge is 2.18. The number of furan rings is 1. The Morgan fingerprint density at radius 3 is 2.52 bits per heavy atom. The van der Waals surface area contributed by atoms with Crippen molar-refractivity contribution >= 4 is 70.7 Å². The second-order valence-corrected chi connectivity index (χ2v) is 11.9. The van der Waals surface area contributed by atoms with Gasteiger partial charge >= 0.3 is 0 Å². The Kier molecular flexibility index (Phi) is 7.49. The molecule has 0 atom stereocenters. The molecule has 2 heterocycles. The third-order valence-electron chi connectivity index (χ3n) is 7.29. The second-order valence-electron chi connectivity index (χ2n) is 10.1. The van der Waals surface area contributed by atoms with Crippen molar-refractivity contribution in [2.45, 2.75) is 6.61 Å². The third-order valence-corrected chi connectivity index (χ3v) is 8.24. The molecule has 0 spiro atoms. The van der Waals surface area contributed by atoms with E-state index in [1.807, 2.05) is 66.7 Å². The first-order valence-corrected chi connectivity index (χ1v) is 15.3. The fourth-order valence-corrected chi connectivity index (χ4v) is 6.03. The molecule has 0 radical (unpaired) electrons. The van der Waals surface area contributed by atoms with E-state index in [-0.39, 0.29) is 11.4 Å². The molecule has 44 heavy (non-hydrogen) atoms. The van der Waals surface area contributed by atoms with Crippen LogP contribution in [0.1, 0.15) is 11.1 Å². The molecule has 0 amide bonds. The molecule has 7 nitrogen and oxygen atoms in total. The largest absolute Gasteiger partial charge is 0.493 e. The van der Waals surface area contributed by atoms with Crippen molar-refractivity contribution in [1.29, 1.82) is 0 Å². The maximum absolute atomic E-state index is 13.8. The lowest BCUT2D eigenvalue weighted by molar-refractivity contribution is 0.285. The summed E-state index contributed by atoms with van der Waals surface area (Å²) in [6.45, 7) is 0.303. The van der Waals surface area contributed by atoms with Crippen LogP contribution in [0.5, 0.6) is 11.5 Å². The molecule has 7 rings (SSSR count). The van der Waals surface area contributed by atoms with E-state index < -0.39 is 0 Å². The van der Waals surface area contributed by atoms with Gasteiger partial charge in [0.25, 0.3) is 5.56 Å². The Morgan fingerprint density at radius 2 is 1.66 bits per heavy atom. The van der Waals surface area contributed by atoms with Crippen molar-refractivity contribution < 1.29 is 13.9 Å². The lowest BCUT2D eigenvalue weighted by atomic mass is 10.1. The first-order chi connectivity index (χ1) is 21.5. The van der Waals surface area contributed by atoms with Crippen LogP contribution in [-0.4, -0.2) is 23.0 Å². The molecular weight excluding hydrogens is 686 g/mol. The van der Waals surface area contributed by atoms with Crippen LogP contribution >= 0.6 is 31.9 Å².